The molecule has 0 unspecified atom stereocenters. The SMILES string of the molecule is O=C1O[C@@H](N2C(=O)CC[C@@H]2C(=O)Nc2ccccc2C(F)(F)F)c2ccccc21. The first-order chi connectivity index (χ1) is 13.8. The van der Waals surface area contributed by atoms with Crippen LogP contribution in [-0.4, -0.2) is 28.7 Å². The van der Waals surface area contributed by atoms with E-state index < -0.39 is 47.5 Å². The summed E-state index contributed by atoms with van der Waals surface area (Å²) in [5.74, 6) is -1.80. The maximum absolute atomic E-state index is 13.2. The molecule has 9 heteroatoms. The van der Waals surface area contributed by atoms with Crippen molar-refractivity contribution in [3.8, 4) is 0 Å². The predicted molar refractivity (Wildman–Crippen MR) is 94.5 cm³/mol. The molecule has 2 atom stereocenters. The van der Waals surface area contributed by atoms with Crippen molar-refractivity contribution in [2.24, 2.45) is 0 Å². The summed E-state index contributed by atoms with van der Waals surface area (Å²) in [6.07, 6.45) is -5.60. The number of nitrogens with zero attached hydrogens (tertiary/aromatic N) is 1. The third-order valence-electron chi connectivity index (χ3n) is 4.97. The molecular formula is C20H15F3N2O4. The van der Waals surface area contributed by atoms with E-state index in [0.29, 0.717) is 11.1 Å². The van der Waals surface area contributed by atoms with Gasteiger partial charge in [0.1, 0.15) is 6.04 Å². The largest absolute Gasteiger partial charge is 0.433 e. The summed E-state index contributed by atoms with van der Waals surface area (Å²) in [5, 5.41) is 2.27. The molecule has 0 saturated carbocycles. The van der Waals surface area contributed by atoms with E-state index in [2.05, 4.69) is 5.32 Å². The van der Waals surface area contributed by atoms with Gasteiger partial charge in [-0.1, -0.05) is 30.3 Å². The number of fused-ring (bicyclic) bond motifs is 1. The van der Waals surface area contributed by atoms with Gasteiger partial charge in [0.25, 0.3) is 0 Å². The smallest absolute Gasteiger partial charge is 0.418 e. The second-order valence-electron chi connectivity index (χ2n) is 6.73. The zero-order valence-corrected chi connectivity index (χ0v) is 14.9. The topological polar surface area (TPSA) is 75.7 Å². The minimum Gasteiger partial charge on any atom is -0.433 e. The zero-order valence-electron chi connectivity index (χ0n) is 14.9. The minimum atomic E-state index is -4.64. The van der Waals surface area contributed by atoms with Crippen molar-refractivity contribution < 1.29 is 32.3 Å². The fourth-order valence-corrected chi connectivity index (χ4v) is 3.64. The molecule has 2 aliphatic rings. The van der Waals surface area contributed by atoms with Crippen LogP contribution in [0.3, 0.4) is 0 Å². The summed E-state index contributed by atoms with van der Waals surface area (Å²) in [4.78, 5) is 38.4. The number of para-hydroxylation sites is 1. The van der Waals surface area contributed by atoms with Crippen LogP contribution in [-0.2, 0) is 20.5 Å². The van der Waals surface area contributed by atoms with Crippen molar-refractivity contribution in [2.75, 3.05) is 5.32 Å². The number of benzene rings is 2. The van der Waals surface area contributed by atoms with Crippen molar-refractivity contribution in [3.05, 3.63) is 65.2 Å². The van der Waals surface area contributed by atoms with E-state index in [-0.39, 0.29) is 12.8 Å². The Morgan fingerprint density at radius 2 is 1.76 bits per heavy atom. The molecule has 2 amide bonds. The summed E-state index contributed by atoms with van der Waals surface area (Å²) in [6, 6.07) is 10.0. The first-order valence-corrected chi connectivity index (χ1v) is 8.85. The summed E-state index contributed by atoms with van der Waals surface area (Å²) in [5.41, 5.74) is -0.644. The number of likely N-dealkylation sites (tertiary alicyclic amines) is 1. The Kier molecular flexibility index (Phi) is 4.52. The number of anilines is 1. The molecule has 2 heterocycles. The third kappa shape index (κ3) is 3.32. The molecule has 1 saturated heterocycles. The Balaban J connectivity index is 1.62. The van der Waals surface area contributed by atoms with Gasteiger partial charge >= 0.3 is 12.1 Å². The number of amides is 2. The molecule has 29 heavy (non-hydrogen) atoms. The van der Waals surface area contributed by atoms with Crippen molar-refractivity contribution >= 4 is 23.5 Å². The molecule has 0 aliphatic carbocycles. The average molecular weight is 404 g/mol. The van der Waals surface area contributed by atoms with Gasteiger partial charge in [-0.25, -0.2) is 4.79 Å². The maximum Gasteiger partial charge on any atom is 0.418 e. The molecule has 0 spiro atoms. The number of carbonyl (C=O) groups excluding carboxylic acids is 3. The van der Waals surface area contributed by atoms with Crippen molar-refractivity contribution in [3.63, 3.8) is 0 Å². The number of ether oxygens (including phenoxy) is 1. The van der Waals surface area contributed by atoms with Gasteiger partial charge in [0, 0.05) is 12.0 Å². The van der Waals surface area contributed by atoms with Gasteiger partial charge < -0.3 is 10.1 Å². The molecule has 6 nitrogen and oxygen atoms in total. The molecule has 1 N–H and O–H groups in total. The van der Waals surface area contributed by atoms with Gasteiger partial charge in [-0.3, -0.25) is 14.5 Å². The van der Waals surface area contributed by atoms with Crippen LogP contribution < -0.4 is 5.32 Å². The van der Waals surface area contributed by atoms with Crippen LogP contribution in [0.2, 0.25) is 0 Å². The highest BCUT2D eigenvalue weighted by atomic mass is 19.4. The normalized spacial score (nSPS) is 21.1. The fourth-order valence-electron chi connectivity index (χ4n) is 3.64. The standard InChI is InChI=1S/C20H15F3N2O4/c21-20(22,23)13-7-3-4-8-14(13)24-17(27)15-9-10-16(26)25(15)18-11-5-1-2-6-12(11)19(28)29-18/h1-8,15,18H,9-10H2,(H,24,27)/t15-,18-/m1/s1. The molecule has 2 aliphatic heterocycles. The number of hydrogen-bond donors (Lipinski definition) is 1. The van der Waals surface area contributed by atoms with E-state index in [1.54, 1.807) is 24.3 Å². The quantitative estimate of drug-likeness (QED) is 0.795. The number of nitrogens with one attached hydrogen (secondary N) is 1. The van der Waals surface area contributed by atoms with Crippen molar-refractivity contribution in [1.29, 1.82) is 0 Å². The summed E-state index contributed by atoms with van der Waals surface area (Å²) >= 11 is 0. The predicted octanol–water partition coefficient (Wildman–Crippen LogP) is 3.50. The fraction of sp³-hybridized carbons (Fsp3) is 0.250. The molecule has 150 valence electrons. The highest BCUT2D eigenvalue weighted by Crippen LogP contribution is 2.39. The molecule has 0 bridgehead atoms. The Labute approximate surface area is 163 Å². The van der Waals surface area contributed by atoms with Gasteiger partial charge in [-0.2, -0.15) is 13.2 Å². The van der Waals surface area contributed by atoms with E-state index in [1.807, 2.05) is 0 Å². The first kappa shape index (κ1) is 19.0. The van der Waals surface area contributed by atoms with Gasteiger partial charge in [-0.05, 0) is 24.6 Å². The highest BCUT2D eigenvalue weighted by molar-refractivity contribution is 6.00. The Hall–Kier alpha value is -3.36. The molecule has 1 fully saturated rings. The van der Waals surface area contributed by atoms with Crippen LogP contribution in [0.5, 0.6) is 0 Å². The van der Waals surface area contributed by atoms with Crippen LogP contribution in [0.1, 0.15) is 40.6 Å². The number of rotatable bonds is 3. The Morgan fingerprint density at radius 1 is 1.07 bits per heavy atom. The molecule has 0 radical (unpaired) electrons. The second kappa shape index (κ2) is 6.91. The number of carbonyl (C=O) groups is 3. The zero-order chi connectivity index (χ0) is 20.8. The molecule has 0 aromatic heterocycles. The summed E-state index contributed by atoms with van der Waals surface area (Å²) in [7, 11) is 0. The van der Waals surface area contributed by atoms with Gasteiger partial charge in [0.2, 0.25) is 18.0 Å². The van der Waals surface area contributed by atoms with Crippen molar-refractivity contribution in [1.82, 2.24) is 4.90 Å². The Bertz CT molecular complexity index is 1010. The Morgan fingerprint density at radius 3 is 2.52 bits per heavy atom. The first-order valence-electron chi connectivity index (χ1n) is 8.85. The number of alkyl halides is 3. The van der Waals surface area contributed by atoms with Crippen LogP contribution in [0.25, 0.3) is 0 Å². The molecular weight excluding hydrogens is 389 g/mol. The van der Waals surface area contributed by atoms with Gasteiger partial charge in [0.05, 0.1) is 16.8 Å². The number of halogens is 3. The summed E-state index contributed by atoms with van der Waals surface area (Å²) < 4.78 is 44.9. The average Bonchev–Trinajstić information content (AvgIpc) is 3.21. The van der Waals surface area contributed by atoms with Gasteiger partial charge in [-0.15, -0.1) is 0 Å². The second-order valence-corrected chi connectivity index (χ2v) is 6.73. The lowest BCUT2D eigenvalue weighted by Crippen LogP contribution is -2.44. The van der Waals surface area contributed by atoms with E-state index >= 15 is 0 Å². The lowest BCUT2D eigenvalue weighted by Gasteiger charge is -2.29. The van der Waals surface area contributed by atoms with Crippen LogP contribution in [0, 0.1) is 0 Å². The number of cyclic esters (lactones) is 1. The lowest BCUT2D eigenvalue weighted by molar-refractivity contribution is -0.144. The van der Waals surface area contributed by atoms with E-state index in [9.17, 15) is 27.6 Å². The third-order valence-corrected chi connectivity index (χ3v) is 4.97. The monoisotopic (exact) mass is 404 g/mol. The number of hydrogen-bond acceptors (Lipinski definition) is 4. The van der Waals surface area contributed by atoms with Crippen LogP contribution in [0.15, 0.2) is 48.5 Å². The van der Waals surface area contributed by atoms with Crippen molar-refractivity contribution in [2.45, 2.75) is 31.3 Å². The van der Waals surface area contributed by atoms with Gasteiger partial charge in [0.15, 0.2) is 0 Å². The molecule has 4 rings (SSSR count). The molecule has 2 aromatic rings. The molecule has 2 aromatic carbocycles. The summed E-state index contributed by atoms with van der Waals surface area (Å²) in [6.45, 7) is 0. The van der Waals surface area contributed by atoms with Crippen LogP contribution >= 0.6 is 0 Å². The lowest BCUT2D eigenvalue weighted by atomic mass is 10.1. The highest BCUT2D eigenvalue weighted by Gasteiger charge is 2.46. The maximum atomic E-state index is 13.2. The van der Waals surface area contributed by atoms with E-state index in [0.717, 1.165) is 17.0 Å². The van der Waals surface area contributed by atoms with E-state index in [4.69, 9.17) is 4.74 Å². The van der Waals surface area contributed by atoms with E-state index in [1.165, 1.54) is 12.1 Å². The number of esters is 1. The minimum absolute atomic E-state index is 0.0230. The van der Waals surface area contributed by atoms with Crippen LogP contribution in [0.4, 0.5) is 18.9 Å².